The number of aliphatic carboxylic acids is 1. The molecule has 218 valence electrons. The van der Waals surface area contributed by atoms with Gasteiger partial charge in [-0.3, -0.25) is 4.90 Å². The molecular weight excluding hydrogens is 528 g/mol. The fraction of sp³-hybridized carbons (Fsp3) is 0.394. The van der Waals surface area contributed by atoms with Gasteiger partial charge >= 0.3 is 11.9 Å². The molecule has 0 amide bonds. The molecule has 0 heterocycles. The Bertz CT molecular complexity index is 1420. The summed E-state index contributed by atoms with van der Waals surface area (Å²) in [6.07, 6.45) is 1.49. The number of carboxylic acids is 1. The third-order valence-corrected chi connectivity index (χ3v) is 7.84. The van der Waals surface area contributed by atoms with E-state index in [0.717, 1.165) is 31.9 Å². The maximum Gasteiger partial charge on any atom is 0.343 e. The SMILES string of the molecule is CCN(Cc1cc(C(=O)Oc2cccc([C@H](C3CC3)[C@@](C)(F)C(=O)O)c2)ccc1-c1cc(OC)ccc1F)C(C)C. The van der Waals surface area contributed by atoms with Crippen LogP contribution in [0.1, 0.15) is 67.9 Å². The fourth-order valence-corrected chi connectivity index (χ4v) is 5.36. The van der Waals surface area contributed by atoms with Crippen LogP contribution in [-0.4, -0.2) is 47.3 Å². The highest BCUT2D eigenvalue weighted by molar-refractivity contribution is 5.92. The van der Waals surface area contributed by atoms with Gasteiger partial charge in [0, 0.05) is 24.1 Å². The van der Waals surface area contributed by atoms with Gasteiger partial charge in [0.1, 0.15) is 17.3 Å². The predicted octanol–water partition coefficient (Wildman–Crippen LogP) is 7.26. The van der Waals surface area contributed by atoms with E-state index in [2.05, 4.69) is 18.7 Å². The number of esters is 1. The van der Waals surface area contributed by atoms with Crippen LogP contribution in [0, 0.1) is 11.7 Å². The summed E-state index contributed by atoms with van der Waals surface area (Å²) in [5, 5.41) is 9.51. The van der Waals surface area contributed by atoms with Crippen molar-refractivity contribution < 1.29 is 33.0 Å². The zero-order valence-corrected chi connectivity index (χ0v) is 24.1. The average molecular weight is 566 g/mol. The number of hydrogen-bond acceptors (Lipinski definition) is 5. The lowest BCUT2D eigenvalue weighted by molar-refractivity contribution is -0.151. The Kier molecular flexibility index (Phi) is 9.12. The first kappa shape index (κ1) is 30.2. The Morgan fingerprint density at radius 2 is 1.78 bits per heavy atom. The summed E-state index contributed by atoms with van der Waals surface area (Å²) >= 11 is 0. The fourth-order valence-electron chi connectivity index (χ4n) is 5.36. The van der Waals surface area contributed by atoms with Crippen LogP contribution in [0.4, 0.5) is 8.78 Å². The van der Waals surface area contributed by atoms with Gasteiger partial charge in [-0.25, -0.2) is 18.4 Å². The van der Waals surface area contributed by atoms with E-state index in [9.17, 15) is 19.1 Å². The molecule has 8 heteroatoms. The van der Waals surface area contributed by atoms with Crippen molar-refractivity contribution >= 4 is 11.9 Å². The molecule has 0 saturated heterocycles. The number of nitrogens with zero attached hydrogens (tertiary/aromatic N) is 1. The molecule has 41 heavy (non-hydrogen) atoms. The van der Waals surface area contributed by atoms with Crippen LogP contribution in [0.15, 0.2) is 60.7 Å². The lowest BCUT2D eigenvalue weighted by atomic mass is 9.81. The van der Waals surface area contributed by atoms with Crippen molar-refractivity contribution in [3.63, 3.8) is 0 Å². The summed E-state index contributed by atoms with van der Waals surface area (Å²) in [6.45, 7) is 8.50. The standard InChI is InChI=1S/C33H37F2NO5/c1-6-36(20(2)3)19-24-16-23(12-14-27(24)28-18-25(40-5)13-15-29(28)34)31(37)41-26-9-7-8-22(17-26)30(21-10-11-21)33(4,35)32(38)39/h7-9,12-18,20-21,30H,6,10-11,19H2,1-5H3,(H,38,39)/t30-,33+/m0/s1. The first-order valence-corrected chi connectivity index (χ1v) is 13.9. The normalized spacial score (nSPS) is 15.4. The number of methoxy groups -OCH3 is 1. The monoisotopic (exact) mass is 565 g/mol. The van der Waals surface area contributed by atoms with E-state index in [0.29, 0.717) is 29.0 Å². The smallest absolute Gasteiger partial charge is 0.343 e. The van der Waals surface area contributed by atoms with Gasteiger partial charge in [0.25, 0.3) is 0 Å². The van der Waals surface area contributed by atoms with Gasteiger partial charge in [-0.2, -0.15) is 0 Å². The van der Waals surface area contributed by atoms with Crippen LogP contribution in [0.5, 0.6) is 11.5 Å². The molecule has 1 saturated carbocycles. The molecule has 0 unspecified atom stereocenters. The quantitative estimate of drug-likeness (QED) is 0.184. The molecule has 1 aliphatic carbocycles. The van der Waals surface area contributed by atoms with Crippen molar-refractivity contribution in [1.82, 2.24) is 4.90 Å². The molecular formula is C33H37F2NO5. The number of ether oxygens (including phenoxy) is 2. The number of carbonyl (C=O) groups excluding carboxylic acids is 1. The molecule has 0 aromatic heterocycles. The number of alkyl halides is 1. The van der Waals surface area contributed by atoms with Crippen molar-refractivity contribution in [2.75, 3.05) is 13.7 Å². The van der Waals surface area contributed by atoms with Crippen molar-refractivity contribution in [1.29, 1.82) is 0 Å². The zero-order valence-electron chi connectivity index (χ0n) is 24.1. The molecule has 4 rings (SSSR count). The minimum atomic E-state index is -2.45. The van der Waals surface area contributed by atoms with E-state index < -0.39 is 29.3 Å². The average Bonchev–Trinajstić information content (AvgIpc) is 3.77. The van der Waals surface area contributed by atoms with Crippen LogP contribution in [-0.2, 0) is 11.3 Å². The van der Waals surface area contributed by atoms with Gasteiger partial charge < -0.3 is 14.6 Å². The van der Waals surface area contributed by atoms with Gasteiger partial charge in [-0.1, -0.05) is 25.1 Å². The highest BCUT2D eigenvalue weighted by Gasteiger charge is 2.50. The molecule has 3 aromatic carbocycles. The molecule has 0 spiro atoms. The zero-order chi connectivity index (χ0) is 29.9. The Morgan fingerprint density at radius 3 is 2.39 bits per heavy atom. The number of carbonyl (C=O) groups is 2. The van der Waals surface area contributed by atoms with Crippen LogP contribution in [0.25, 0.3) is 11.1 Å². The molecule has 3 aromatic rings. The van der Waals surface area contributed by atoms with Crippen molar-refractivity contribution in [3.05, 3.63) is 83.2 Å². The maximum absolute atomic E-state index is 15.3. The van der Waals surface area contributed by atoms with E-state index in [1.807, 2.05) is 6.92 Å². The van der Waals surface area contributed by atoms with Crippen LogP contribution in [0.3, 0.4) is 0 Å². The molecule has 0 aliphatic heterocycles. The molecule has 6 nitrogen and oxygen atoms in total. The van der Waals surface area contributed by atoms with Gasteiger partial charge in [-0.15, -0.1) is 0 Å². The molecule has 1 fully saturated rings. The van der Waals surface area contributed by atoms with Crippen molar-refractivity contribution in [3.8, 4) is 22.6 Å². The minimum Gasteiger partial charge on any atom is -0.497 e. The number of carboxylic acid groups (broad SMARTS) is 1. The Labute approximate surface area is 239 Å². The summed E-state index contributed by atoms with van der Waals surface area (Å²) in [5.41, 5.74) is 0.0557. The molecule has 0 radical (unpaired) electrons. The summed E-state index contributed by atoms with van der Waals surface area (Å²) in [6, 6.07) is 16.2. The van der Waals surface area contributed by atoms with E-state index in [4.69, 9.17) is 9.47 Å². The second-order valence-corrected chi connectivity index (χ2v) is 11.0. The van der Waals surface area contributed by atoms with Crippen LogP contribution in [0.2, 0.25) is 0 Å². The highest BCUT2D eigenvalue weighted by atomic mass is 19.1. The van der Waals surface area contributed by atoms with E-state index in [-0.39, 0.29) is 23.3 Å². The second kappa shape index (κ2) is 12.4. The third-order valence-electron chi connectivity index (χ3n) is 7.84. The van der Waals surface area contributed by atoms with Gasteiger partial charge in [0.15, 0.2) is 0 Å². The van der Waals surface area contributed by atoms with Crippen molar-refractivity contribution in [2.24, 2.45) is 5.92 Å². The minimum absolute atomic E-state index is 0.0818. The molecule has 2 atom stereocenters. The van der Waals surface area contributed by atoms with E-state index in [1.165, 1.54) is 13.2 Å². The van der Waals surface area contributed by atoms with E-state index >= 15 is 4.39 Å². The molecule has 1 aliphatic rings. The Hall–Kier alpha value is -3.78. The van der Waals surface area contributed by atoms with Gasteiger partial charge in [0.05, 0.1) is 12.7 Å². The molecule has 0 bridgehead atoms. The highest BCUT2D eigenvalue weighted by Crippen LogP contribution is 2.50. The summed E-state index contributed by atoms with van der Waals surface area (Å²) in [5.74, 6) is -2.76. The molecule has 1 N–H and O–H groups in total. The summed E-state index contributed by atoms with van der Waals surface area (Å²) in [4.78, 5) is 27.2. The van der Waals surface area contributed by atoms with Crippen LogP contribution < -0.4 is 9.47 Å². The number of rotatable bonds is 12. The van der Waals surface area contributed by atoms with Gasteiger partial charge in [-0.05, 0) is 105 Å². The number of hydrogen-bond donors (Lipinski definition) is 1. The first-order valence-electron chi connectivity index (χ1n) is 13.9. The lowest BCUT2D eigenvalue weighted by Gasteiger charge is -2.27. The Balaban J connectivity index is 1.67. The van der Waals surface area contributed by atoms with Gasteiger partial charge in [0.2, 0.25) is 5.67 Å². The predicted molar refractivity (Wildman–Crippen MR) is 154 cm³/mol. The summed E-state index contributed by atoms with van der Waals surface area (Å²) in [7, 11) is 1.52. The summed E-state index contributed by atoms with van der Waals surface area (Å²) < 4.78 is 41.2. The largest absolute Gasteiger partial charge is 0.497 e. The van der Waals surface area contributed by atoms with Crippen molar-refractivity contribution in [2.45, 2.75) is 64.7 Å². The topological polar surface area (TPSA) is 76.1 Å². The maximum atomic E-state index is 15.3. The lowest BCUT2D eigenvalue weighted by Crippen LogP contribution is -2.38. The Morgan fingerprint density at radius 1 is 1.05 bits per heavy atom. The number of halogens is 2. The third kappa shape index (κ3) is 6.76. The van der Waals surface area contributed by atoms with E-state index in [1.54, 1.807) is 54.6 Å². The second-order valence-electron chi connectivity index (χ2n) is 11.0. The first-order chi connectivity index (χ1) is 19.5. The van der Waals surface area contributed by atoms with Crippen LogP contribution >= 0.6 is 0 Å². The number of benzene rings is 3.